The lowest BCUT2D eigenvalue weighted by atomic mass is 10.2. The fraction of sp³-hybridized carbons (Fsp3) is 0.353. The maximum absolute atomic E-state index is 4.05. The van der Waals surface area contributed by atoms with E-state index in [0.29, 0.717) is 0 Å². The highest BCUT2D eigenvalue weighted by molar-refractivity contribution is 5.44. The Labute approximate surface area is 121 Å². The summed E-state index contributed by atoms with van der Waals surface area (Å²) in [6.45, 7) is 3.18. The summed E-state index contributed by atoms with van der Waals surface area (Å²) < 4.78 is 0. The number of para-hydroxylation sites is 1. The van der Waals surface area contributed by atoms with Crippen molar-refractivity contribution < 1.29 is 0 Å². The lowest BCUT2D eigenvalue weighted by Gasteiger charge is -2.23. The van der Waals surface area contributed by atoms with Gasteiger partial charge in [-0.25, -0.2) is 0 Å². The molecule has 1 heterocycles. The number of hydrogen-bond donors (Lipinski definition) is 0. The van der Waals surface area contributed by atoms with E-state index >= 15 is 0 Å². The quantitative estimate of drug-likeness (QED) is 0.770. The number of benzene rings is 1. The molecular weight excluding hydrogens is 246 g/mol. The number of rotatable bonds is 7. The molecule has 1 aromatic carbocycles. The van der Waals surface area contributed by atoms with Gasteiger partial charge in [0.15, 0.2) is 0 Å². The van der Waals surface area contributed by atoms with E-state index in [9.17, 15) is 0 Å². The largest absolute Gasteiger partial charge is 0.373 e. The minimum atomic E-state index is 1.04. The van der Waals surface area contributed by atoms with Gasteiger partial charge in [-0.05, 0) is 43.3 Å². The van der Waals surface area contributed by atoms with Gasteiger partial charge in [0, 0.05) is 44.8 Å². The SMILES string of the molecule is CN(CCc1ccncc1)CCN(C)c1ccccc1. The van der Waals surface area contributed by atoms with Crippen molar-refractivity contribution in [3.8, 4) is 0 Å². The summed E-state index contributed by atoms with van der Waals surface area (Å²) in [5, 5.41) is 0. The van der Waals surface area contributed by atoms with E-state index in [1.54, 1.807) is 0 Å². The van der Waals surface area contributed by atoms with Crippen LogP contribution in [0.2, 0.25) is 0 Å². The van der Waals surface area contributed by atoms with Crippen molar-refractivity contribution in [2.45, 2.75) is 6.42 Å². The lowest BCUT2D eigenvalue weighted by molar-refractivity contribution is 0.346. The number of anilines is 1. The van der Waals surface area contributed by atoms with E-state index in [0.717, 1.165) is 26.1 Å². The van der Waals surface area contributed by atoms with Gasteiger partial charge >= 0.3 is 0 Å². The van der Waals surface area contributed by atoms with Crippen LogP contribution in [0.15, 0.2) is 54.9 Å². The van der Waals surface area contributed by atoms with Crippen LogP contribution in [0.5, 0.6) is 0 Å². The Morgan fingerprint density at radius 3 is 2.25 bits per heavy atom. The Bertz CT molecular complexity index is 484. The second-order valence-electron chi connectivity index (χ2n) is 5.17. The van der Waals surface area contributed by atoms with Gasteiger partial charge in [-0.15, -0.1) is 0 Å². The molecule has 2 aromatic rings. The highest BCUT2D eigenvalue weighted by atomic mass is 15.2. The van der Waals surface area contributed by atoms with Crippen LogP contribution in [0.25, 0.3) is 0 Å². The summed E-state index contributed by atoms with van der Waals surface area (Å²) in [6, 6.07) is 14.7. The summed E-state index contributed by atoms with van der Waals surface area (Å²) in [5.74, 6) is 0. The number of nitrogens with zero attached hydrogens (tertiary/aromatic N) is 3. The first-order valence-electron chi connectivity index (χ1n) is 7.09. The molecular formula is C17H23N3. The van der Waals surface area contributed by atoms with Crippen molar-refractivity contribution in [1.82, 2.24) is 9.88 Å². The molecule has 0 spiro atoms. The van der Waals surface area contributed by atoms with Crippen LogP contribution < -0.4 is 4.90 Å². The standard InChI is InChI=1S/C17H23N3/c1-19(13-10-16-8-11-18-12-9-16)14-15-20(2)17-6-4-3-5-7-17/h3-9,11-12H,10,13-15H2,1-2H3. The molecule has 0 bridgehead atoms. The third kappa shape index (κ3) is 4.67. The molecule has 0 amide bonds. The second kappa shape index (κ2) is 7.65. The van der Waals surface area contributed by atoms with Crippen molar-refractivity contribution in [3.63, 3.8) is 0 Å². The highest BCUT2D eigenvalue weighted by Gasteiger charge is 2.03. The van der Waals surface area contributed by atoms with E-state index in [1.165, 1.54) is 11.3 Å². The summed E-state index contributed by atoms with van der Waals surface area (Å²) in [5.41, 5.74) is 2.62. The van der Waals surface area contributed by atoms with E-state index < -0.39 is 0 Å². The Morgan fingerprint density at radius 2 is 1.55 bits per heavy atom. The van der Waals surface area contributed by atoms with E-state index in [-0.39, 0.29) is 0 Å². The van der Waals surface area contributed by atoms with Crippen LogP contribution in [-0.4, -0.2) is 43.6 Å². The first-order valence-corrected chi connectivity index (χ1v) is 7.09. The molecule has 3 heteroatoms. The van der Waals surface area contributed by atoms with Crippen LogP contribution in [0.1, 0.15) is 5.56 Å². The zero-order chi connectivity index (χ0) is 14.2. The zero-order valence-corrected chi connectivity index (χ0v) is 12.4. The molecule has 0 saturated carbocycles. The summed E-state index contributed by atoms with van der Waals surface area (Å²) in [4.78, 5) is 8.71. The highest BCUT2D eigenvalue weighted by Crippen LogP contribution is 2.10. The van der Waals surface area contributed by atoms with Gasteiger partial charge in [0.1, 0.15) is 0 Å². The average molecular weight is 269 g/mol. The lowest BCUT2D eigenvalue weighted by Crippen LogP contribution is -2.31. The Hall–Kier alpha value is -1.87. The molecule has 0 aliphatic rings. The van der Waals surface area contributed by atoms with Gasteiger partial charge in [0.2, 0.25) is 0 Å². The van der Waals surface area contributed by atoms with Crippen molar-refractivity contribution in [1.29, 1.82) is 0 Å². The second-order valence-corrected chi connectivity index (χ2v) is 5.17. The minimum absolute atomic E-state index is 1.04. The van der Waals surface area contributed by atoms with Gasteiger partial charge in [0.25, 0.3) is 0 Å². The molecule has 0 aliphatic heterocycles. The molecule has 2 rings (SSSR count). The smallest absolute Gasteiger partial charge is 0.0364 e. The molecule has 20 heavy (non-hydrogen) atoms. The molecule has 106 valence electrons. The molecule has 0 fully saturated rings. The van der Waals surface area contributed by atoms with E-state index in [2.05, 4.69) is 71.3 Å². The first-order chi connectivity index (χ1) is 9.75. The molecule has 3 nitrogen and oxygen atoms in total. The summed E-state index contributed by atoms with van der Waals surface area (Å²) in [6.07, 6.45) is 4.80. The fourth-order valence-corrected chi connectivity index (χ4v) is 2.11. The van der Waals surface area contributed by atoms with Gasteiger partial charge in [0.05, 0.1) is 0 Å². The zero-order valence-electron chi connectivity index (χ0n) is 12.4. The van der Waals surface area contributed by atoms with Gasteiger partial charge < -0.3 is 9.80 Å². The maximum Gasteiger partial charge on any atom is 0.0364 e. The summed E-state index contributed by atoms with van der Waals surface area (Å²) >= 11 is 0. The number of pyridine rings is 1. The predicted molar refractivity (Wildman–Crippen MR) is 85.2 cm³/mol. The molecule has 0 unspecified atom stereocenters. The van der Waals surface area contributed by atoms with Crippen molar-refractivity contribution in [3.05, 3.63) is 60.4 Å². The number of hydrogen-bond acceptors (Lipinski definition) is 3. The molecule has 0 radical (unpaired) electrons. The molecule has 0 aliphatic carbocycles. The molecule has 0 saturated heterocycles. The Morgan fingerprint density at radius 1 is 0.850 bits per heavy atom. The van der Waals surface area contributed by atoms with Crippen LogP contribution in [0.3, 0.4) is 0 Å². The first kappa shape index (κ1) is 14.5. The molecule has 1 aromatic heterocycles. The fourth-order valence-electron chi connectivity index (χ4n) is 2.11. The minimum Gasteiger partial charge on any atom is -0.373 e. The van der Waals surface area contributed by atoms with Gasteiger partial charge in [-0.2, -0.15) is 0 Å². The third-order valence-electron chi connectivity index (χ3n) is 3.55. The predicted octanol–water partition coefficient (Wildman–Crippen LogP) is 2.69. The average Bonchev–Trinajstić information content (AvgIpc) is 2.52. The monoisotopic (exact) mass is 269 g/mol. The van der Waals surface area contributed by atoms with Crippen LogP contribution in [0, 0.1) is 0 Å². The van der Waals surface area contributed by atoms with Crippen LogP contribution >= 0.6 is 0 Å². The molecule has 0 N–H and O–H groups in total. The van der Waals surface area contributed by atoms with E-state index in [1.807, 2.05) is 12.4 Å². The van der Waals surface area contributed by atoms with Gasteiger partial charge in [-0.1, -0.05) is 18.2 Å². The summed E-state index contributed by atoms with van der Waals surface area (Å²) in [7, 11) is 4.33. The number of likely N-dealkylation sites (N-methyl/N-ethyl adjacent to an activating group) is 2. The van der Waals surface area contributed by atoms with Crippen molar-refractivity contribution >= 4 is 5.69 Å². The normalized spacial score (nSPS) is 10.8. The van der Waals surface area contributed by atoms with Crippen molar-refractivity contribution in [2.75, 3.05) is 38.6 Å². The van der Waals surface area contributed by atoms with Crippen LogP contribution in [0.4, 0.5) is 5.69 Å². The van der Waals surface area contributed by atoms with E-state index in [4.69, 9.17) is 0 Å². The van der Waals surface area contributed by atoms with Crippen molar-refractivity contribution in [2.24, 2.45) is 0 Å². The van der Waals surface area contributed by atoms with Crippen LogP contribution in [-0.2, 0) is 6.42 Å². The molecule has 0 atom stereocenters. The topological polar surface area (TPSA) is 19.4 Å². The maximum atomic E-state index is 4.05. The Kier molecular flexibility index (Phi) is 5.56. The Balaban J connectivity index is 1.71. The third-order valence-corrected chi connectivity index (χ3v) is 3.55. The number of aromatic nitrogens is 1. The van der Waals surface area contributed by atoms with Gasteiger partial charge in [-0.3, -0.25) is 4.98 Å².